The molecule has 0 aliphatic heterocycles. The molecule has 0 radical (unpaired) electrons. The highest BCUT2D eigenvalue weighted by Gasteiger charge is 2.27. The van der Waals surface area contributed by atoms with Gasteiger partial charge in [-0.1, -0.05) is 35.9 Å². The highest BCUT2D eigenvalue weighted by molar-refractivity contribution is 6.33. The van der Waals surface area contributed by atoms with Gasteiger partial charge in [-0.05, 0) is 18.1 Å². The molecule has 9 heteroatoms. The summed E-state index contributed by atoms with van der Waals surface area (Å²) in [4.78, 5) is 12.2. The van der Waals surface area contributed by atoms with E-state index in [1.807, 2.05) is 0 Å². The number of aromatic nitrogens is 2. The van der Waals surface area contributed by atoms with Crippen molar-refractivity contribution in [2.75, 3.05) is 6.61 Å². The Bertz CT molecular complexity index is 742. The van der Waals surface area contributed by atoms with Gasteiger partial charge in [0.15, 0.2) is 0 Å². The van der Waals surface area contributed by atoms with E-state index in [0.717, 1.165) is 5.56 Å². The highest BCUT2D eigenvalue weighted by atomic mass is 35.5. The van der Waals surface area contributed by atoms with Gasteiger partial charge in [0.05, 0.1) is 17.9 Å². The van der Waals surface area contributed by atoms with Crippen LogP contribution in [0.4, 0.5) is 13.2 Å². The molecule has 2 rings (SSSR count). The van der Waals surface area contributed by atoms with Crippen LogP contribution in [0.1, 0.15) is 27.2 Å². The van der Waals surface area contributed by atoms with Gasteiger partial charge in [0.1, 0.15) is 11.8 Å². The lowest BCUT2D eigenvalue weighted by atomic mass is 10.1. The fourth-order valence-electron chi connectivity index (χ4n) is 2.20. The lowest BCUT2D eigenvalue weighted by Crippen LogP contribution is -2.23. The minimum Gasteiger partial charge on any atom is -0.367 e. The van der Waals surface area contributed by atoms with E-state index in [1.165, 1.54) is 4.68 Å². The molecule has 0 aliphatic rings. The largest absolute Gasteiger partial charge is 0.411 e. The van der Waals surface area contributed by atoms with Crippen LogP contribution in [0.25, 0.3) is 0 Å². The first-order valence-corrected chi connectivity index (χ1v) is 7.75. The molecule has 0 unspecified atom stereocenters. The molecule has 1 amide bonds. The monoisotopic (exact) mass is 375 g/mol. The number of carbonyl (C=O) groups is 1. The van der Waals surface area contributed by atoms with Gasteiger partial charge >= 0.3 is 6.18 Å². The number of ether oxygens (including phenoxy) is 1. The number of aryl methyl sites for hydroxylation is 2. The van der Waals surface area contributed by atoms with E-state index in [1.54, 1.807) is 38.2 Å². The van der Waals surface area contributed by atoms with Gasteiger partial charge in [-0.2, -0.15) is 18.3 Å². The van der Waals surface area contributed by atoms with Crippen molar-refractivity contribution in [2.45, 2.75) is 26.3 Å². The van der Waals surface area contributed by atoms with Crippen LogP contribution in [0.3, 0.4) is 0 Å². The van der Waals surface area contributed by atoms with Crippen LogP contribution in [0.15, 0.2) is 24.3 Å². The van der Waals surface area contributed by atoms with Gasteiger partial charge in [-0.3, -0.25) is 9.48 Å². The Morgan fingerprint density at radius 1 is 1.28 bits per heavy atom. The molecule has 0 fully saturated rings. The second-order valence-corrected chi connectivity index (χ2v) is 5.84. The molecule has 2 aromatic rings. The predicted octanol–water partition coefficient (Wildman–Crippen LogP) is 3.39. The SMILES string of the molecule is Cc1nn(C)c(Cl)c1C(=O)NCc1ccc(COCC(F)(F)F)cc1. The quantitative estimate of drug-likeness (QED) is 0.842. The Labute approximate surface area is 147 Å². The smallest absolute Gasteiger partial charge is 0.367 e. The minimum atomic E-state index is -4.34. The van der Waals surface area contributed by atoms with Crippen LogP contribution in [0.5, 0.6) is 0 Å². The first-order valence-electron chi connectivity index (χ1n) is 7.37. The van der Waals surface area contributed by atoms with Crippen LogP contribution in [-0.2, 0) is 24.9 Å². The molecule has 1 N–H and O–H groups in total. The molecular formula is C16H17ClF3N3O2. The first kappa shape index (κ1) is 19.3. The average molecular weight is 376 g/mol. The molecular weight excluding hydrogens is 359 g/mol. The third kappa shape index (κ3) is 5.47. The molecule has 0 aliphatic carbocycles. The number of nitrogens with one attached hydrogen (secondary N) is 1. The topological polar surface area (TPSA) is 56.2 Å². The normalized spacial score (nSPS) is 11.6. The minimum absolute atomic E-state index is 0.128. The second-order valence-electron chi connectivity index (χ2n) is 5.48. The van der Waals surface area contributed by atoms with Crippen molar-refractivity contribution in [3.8, 4) is 0 Å². The molecule has 136 valence electrons. The van der Waals surface area contributed by atoms with Crippen LogP contribution < -0.4 is 5.32 Å². The summed E-state index contributed by atoms with van der Waals surface area (Å²) in [5, 5.41) is 7.07. The number of amides is 1. The van der Waals surface area contributed by atoms with E-state index in [0.29, 0.717) is 16.8 Å². The fourth-order valence-corrected chi connectivity index (χ4v) is 2.46. The van der Waals surface area contributed by atoms with Crippen molar-refractivity contribution in [1.82, 2.24) is 15.1 Å². The zero-order valence-electron chi connectivity index (χ0n) is 13.7. The summed E-state index contributed by atoms with van der Waals surface area (Å²) in [5.41, 5.74) is 2.26. The molecule has 25 heavy (non-hydrogen) atoms. The van der Waals surface area contributed by atoms with Crippen molar-refractivity contribution in [3.63, 3.8) is 0 Å². The maximum Gasteiger partial charge on any atom is 0.411 e. The Morgan fingerprint density at radius 3 is 2.40 bits per heavy atom. The lowest BCUT2D eigenvalue weighted by Gasteiger charge is -2.09. The zero-order valence-corrected chi connectivity index (χ0v) is 14.4. The molecule has 0 saturated heterocycles. The van der Waals surface area contributed by atoms with Gasteiger partial charge in [0, 0.05) is 13.6 Å². The summed E-state index contributed by atoms with van der Waals surface area (Å²) in [6.45, 7) is 0.538. The van der Waals surface area contributed by atoms with Crippen LogP contribution in [0, 0.1) is 6.92 Å². The van der Waals surface area contributed by atoms with Crippen molar-refractivity contribution in [2.24, 2.45) is 7.05 Å². The maximum atomic E-state index is 12.2. The van der Waals surface area contributed by atoms with Gasteiger partial charge in [0.2, 0.25) is 0 Å². The molecule has 1 aromatic heterocycles. The molecule has 1 heterocycles. The molecule has 1 aromatic carbocycles. The molecule has 5 nitrogen and oxygen atoms in total. The van der Waals surface area contributed by atoms with E-state index in [4.69, 9.17) is 11.6 Å². The summed E-state index contributed by atoms with van der Waals surface area (Å²) in [6, 6.07) is 6.73. The van der Waals surface area contributed by atoms with Crippen molar-refractivity contribution >= 4 is 17.5 Å². The van der Waals surface area contributed by atoms with E-state index in [9.17, 15) is 18.0 Å². The van der Waals surface area contributed by atoms with Gasteiger partial charge < -0.3 is 10.1 Å². The maximum absolute atomic E-state index is 12.2. The summed E-state index contributed by atoms with van der Waals surface area (Å²) >= 11 is 6.04. The van der Waals surface area contributed by atoms with Crippen molar-refractivity contribution < 1.29 is 22.7 Å². The number of hydrogen-bond acceptors (Lipinski definition) is 3. The summed E-state index contributed by atoms with van der Waals surface area (Å²) < 4.78 is 42.1. The number of alkyl halides is 3. The number of rotatable bonds is 6. The zero-order chi connectivity index (χ0) is 18.6. The Kier molecular flexibility index (Phi) is 6.07. The third-order valence-electron chi connectivity index (χ3n) is 3.39. The molecule has 0 bridgehead atoms. The van der Waals surface area contributed by atoms with Crippen LogP contribution >= 0.6 is 11.6 Å². The summed E-state index contributed by atoms with van der Waals surface area (Å²) in [6.07, 6.45) is -4.34. The number of nitrogens with zero attached hydrogens (tertiary/aromatic N) is 2. The average Bonchev–Trinajstić information content (AvgIpc) is 2.78. The summed E-state index contributed by atoms with van der Waals surface area (Å²) in [7, 11) is 1.64. The molecule has 0 saturated carbocycles. The molecule has 0 spiro atoms. The van der Waals surface area contributed by atoms with Crippen molar-refractivity contribution in [1.29, 1.82) is 0 Å². The van der Waals surface area contributed by atoms with Crippen molar-refractivity contribution in [3.05, 3.63) is 51.8 Å². The standard InChI is InChI=1S/C16H17ClF3N3O2/c1-10-13(14(17)23(2)22-10)15(24)21-7-11-3-5-12(6-4-11)8-25-9-16(18,19)20/h3-6H,7-9H2,1-2H3,(H,21,24). The van der Waals surface area contributed by atoms with E-state index >= 15 is 0 Å². The third-order valence-corrected chi connectivity index (χ3v) is 3.82. The van der Waals surface area contributed by atoms with Gasteiger partial charge in [0.25, 0.3) is 5.91 Å². The van der Waals surface area contributed by atoms with Gasteiger partial charge in [-0.25, -0.2) is 0 Å². The van der Waals surface area contributed by atoms with Gasteiger partial charge in [-0.15, -0.1) is 0 Å². The van der Waals surface area contributed by atoms with Crippen LogP contribution in [-0.4, -0.2) is 28.5 Å². The number of benzene rings is 1. The lowest BCUT2D eigenvalue weighted by molar-refractivity contribution is -0.176. The van der Waals surface area contributed by atoms with E-state index < -0.39 is 12.8 Å². The highest BCUT2D eigenvalue weighted by Crippen LogP contribution is 2.19. The number of halogens is 4. The first-order chi connectivity index (χ1) is 11.7. The molecule has 0 atom stereocenters. The van der Waals surface area contributed by atoms with Crippen LogP contribution in [0.2, 0.25) is 5.15 Å². The number of hydrogen-bond donors (Lipinski definition) is 1. The van der Waals surface area contributed by atoms with E-state index in [-0.39, 0.29) is 24.2 Å². The summed E-state index contributed by atoms with van der Waals surface area (Å²) in [5.74, 6) is -0.340. The number of carbonyl (C=O) groups excluding carboxylic acids is 1. The predicted molar refractivity (Wildman–Crippen MR) is 86.3 cm³/mol. The Hall–Kier alpha value is -2.06. The fraction of sp³-hybridized carbons (Fsp3) is 0.375. The Balaban J connectivity index is 1.88. The Morgan fingerprint density at radius 2 is 1.88 bits per heavy atom. The van der Waals surface area contributed by atoms with E-state index in [2.05, 4.69) is 15.2 Å². The second kappa shape index (κ2) is 7.88.